The molecule has 3 aromatic carbocycles. The van der Waals surface area contributed by atoms with Gasteiger partial charge in [0.1, 0.15) is 5.75 Å². The van der Waals surface area contributed by atoms with Gasteiger partial charge >= 0.3 is 6.36 Å². The monoisotopic (exact) mass is 485 g/mol. The highest BCUT2D eigenvalue weighted by Crippen LogP contribution is 2.40. The molecule has 3 aromatic rings. The molecule has 3 nitrogen and oxygen atoms in total. The Hall–Kier alpha value is -2.48. The molecule has 0 radical (unpaired) electrons. The highest BCUT2D eigenvalue weighted by molar-refractivity contribution is 7.97. The van der Waals surface area contributed by atoms with Crippen LogP contribution in [0, 0.1) is 0 Å². The van der Waals surface area contributed by atoms with E-state index in [0.29, 0.717) is 6.61 Å². The molecule has 2 aliphatic rings. The number of hydrogen-bond donors (Lipinski definition) is 1. The van der Waals surface area contributed by atoms with Crippen molar-refractivity contribution in [3.63, 3.8) is 0 Å². The zero-order chi connectivity index (χ0) is 23.5. The van der Waals surface area contributed by atoms with Crippen LogP contribution in [-0.2, 0) is 17.6 Å². The van der Waals surface area contributed by atoms with Crippen LogP contribution in [0.5, 0.6) is 5.75 Å². The number of nitrogens with one attached hydrogen (secondary N) is 1. The molecule has 0 amide bonds. The summed E-state index contributed by atoms with van der Waals surface area (Å²) >= 11 is 1.44. The lowest BCUT2D eigenvalue weighted by Gasteiger charge is -2.36. The average molecular weight is 486 g/mol. The third kappa shape index (κ3) is 5.43. The van der Waals surface area contributed by atoms with Crippen molar-refractivity contribution in [1.82, 2.24) is 4.72 Å². The molecule has 0 aromatic heterocycles. The summed E-state index contributed by atoms with van der Waals surface area (Å²) in [5.41, 5.74) is 5.48. The number of halogens is 3. The minimum Gasteiger partial charge on any atom is -0.406 e. The normalized spacial score (nSPS) is 20.8. The molecule has 1 fully saturated rings. The van der Waals surface area contributed by atoms with Crippen molar-refractivity contribution in [2.24, 2.45) is 0 Å². The molecule has 0 bridgehead atoms. The van der Waals surface area contributed by atoms with Crippen LogP contribution >= 0.6 is 11.9 Å². The molecule has 2 atom stereocenters. The topological polar surface area (TPSA) is 30.5 Å². The van der Waals surface area contributed by atoms with Crippen molar-refractivity contribution in [3.05, 3.63) is 95.1 Å². The second kappa shape index (κ2) is 10.0. The van der Waals surface area contributed by atoms with Crippen LogP contribution in [0.25, 0.3) is 0 Å². The quantitative estimate of drug-likeness (QED) is 0.410. The van der Waals surface area contributed by atoms with E-state index in [1.165, 1.54) is 46.3 Å². The van der Waals surface area contributed by atoms with Gasteiger partial charge in [0.25, 0.3) is 0 Å². The van der Waals surface area contributed by atoms with Crippen LogP contribution in [0.4, 0.5) is 13.2 Å². The van der Waals surface area contributed by atoms with E-state index in [2.05, 4.69) is 58.0 Å². The van der Waals surface area contributed by atoms with Crippen LogP contribution in [0.15, 0.2) is 77.7 Å². The summed E-state index contributed by atoms with van der Waals surface area (Å²) in [5, 5.41) is 0. The number of benzene rings is 3. The predicted octanol–water partition coefficient (Wildman–Crippen LogP) is 6.66. The maximum Gasteiger partial charge on any atom is 0.573 e. The first-order valence-electron chi connectivity index (χ1n) is 11.5. The van der Waals surface area contributed by atoms with Crippen molar-refractivity contribution in [1.29, 1.82) is 0 Å². The number of alkyl halides is 3. The number of aryl methyl sites for hydroxylation is 2. The van der Waals surface area contributed by atoms with E-state index >= 15 is 0 Å². The first kappa shape index (κ1) is 23.3. The van der Waals surface area contributed by atoms with Crippen molar-refractivity contribution in [2.75, 3.05) is 6.61 Å². The Kier molecular flexibility index (Phi) is 6.86. The summed E-state index contributed by atoms with van der Waals surface area (Å²) in [6.45, 7) is 0.669. The van der Waals surface area contributed by atoms with E-state index in [1.54, 1.807) is 12.1 Å². The molecule has 1 saturated heterocycles. The fourth-order valence-electron chi connectivity index (χ4n) is 5.00. The molecular weight excluding hydrogens is 459 g/mol. The van der Waals surface area contributed by atoms with Crippen molar-refractivity contribution >= 4 is 11.9 Å². The molecule has 178 valence electrons. The van der Waals surface area contributed by atoms with Crippen LogP contribution in [0.2, 0.25) is 0 Å². The number of ether oxygens (including phenoxy) is 2. The largest absolute Gasteiger partial charge is 0.573 e. The molecule has 1 aliphatic carbocycles. The fourth-order valence-corrected chi connectivity index (χ4v) is 5.79. The third-order valence-electron chi connectivity index (χ3n) is 6.53. The Bertz CT molecular complexity index is 1070. The first-order chi connectivity index (χ1) is 16.5. The molecule has 1 N–H and O–H groups in total. The van der Waals surface area contributed by atoms with Gasteiger partial charge in [-0.15, -0.1) is 13.2 Å². The van der Waals surface area contributed by atoms with Crippen molar-refractivity contribution < 1.29 is 22.6 Å². The zero-order valence-corrected chi connectivity index (χ0v) is 19.4. The minimum atomic E-state index is -4.68. The lowest BCUT2D eigenvalue weighted by atomic mass is 9.80. The van der Waals surface area contributed by atoms with Crippen LogP contribution in [0.1, 0.15) is 41.0 Å². The molecular formula is C27H26F3NO2S. The molecule has 7 heteroatoms. The van der Waals surface area contributed by atoms with Gasteiger partial charge in [-0.2, -0.15) is 0 Å². The smallest absolute Gasteiger partial charge is 0.406 e. The lowest BCUT2D eigenvalue weighted by Crippen LogP contribution is -2.39. The Morgan fingerprint density at radius 2 is 1.47 bits per heavy atom. The summed E-state index contributed by atoms with van der Waals surface area (Å²) < 4.78 is 51.0. The zero-order valence-electron chi connectivity index (χ0n) is 18.6. The number of fused-ring (bicyclic) bond motifs is 2. The average Bonchev–Trinajstić information content (AvgIpc) is 3.00. The maximum absolute atomic E-state index is 12.4. The summed E-state index contributed by atoms with van der Waals surface area (Å²) in [6, 6.07) is 23.6. The van der Waals surface area contributed by atoms with E-state index < -0.39 is 6.36 Å². The van der Waals surface area contributed by atoms with E-state index in [4.69, 9.17) is 4.74 Å². The van der Waals surface area contributed by atoms with E-state index in [1.807, 2.05) is 0 Å². The summed E-state index contributed by atoms with van der Waals surface area (Å²) in [6.07, 6.45) is -0.831. The first-order valence-corrected chi connectivity index (χ1v) is 12.3. The second-order valence-corrected chi connectivity index (χ2v) is 9.66. The number of rotatable bonds is 5. The molecule has 34 heavy (non-hydrogen) atoms. The molecule has 0 saturated carbocycles. The van der Waals surface area contributed by atoms with Crippen LogP contribution < -0.4 is 9.46 Å². The van der Waals surface area contributed by atoms with Gasteiger partial charge in [0.15, 0.2) is 0 Å². The van der Waals surface area contributed by atoms with Gasteiger partial charge in [0.05, 0.1) is 6.10 Å². The Balaban J connectivity index is 1.29. The third-order valence-corrected chi connectivity index (χ3v) is 7.49. The minimum absolute atomic E-state index is 0.0508. The predicted molar refractivity (Wildman–Crippen MR) is 127 cm³/mol. The molecule has 2 unspecified atom stereocenters. The van der Waals surface area contributed by atoms with E-state index in [9.17, 15) is 13.2 Å². The molecule has 1 aliphatic heterocycles. The maximum atomic E-state index is 12.4. The lowest BCUT2D eigenvalue weighted by molar-refractivity contribution is -0.274. The van der Waals surface area contributed by atoms with Gasteiger partial charge in [0.2, 0.25) is 0 Å². The van der Waals surface area contributed by atoms with Gasteiger partial charge in [-0.25, -0.2) is 0 Å². The second-order valence-electron chi connectivity index (χ2n) is 8.74. The number of hydrogen-bond acceptors (Lipinski definition) is 4. The van der Waals surface area contributed by atoms with Gasteiger partial charge in [-0.3, -0.25) is 4.72 Å². The van der Waals surface area contributed by atoms with Crippen molar-refractivity contribution in [3.8, 4) is 5.75 Å². The van der Waals surface area contributed by atoms with E-state index in [-0.39, 0.29) is 23.8 Å². The van der Waals surface area contributed by atoms with Crippen LogP contribution in [-0.4, -0.2) is 25.1 Å². The summed E-state index contributed by atoms with van der Waals surface area (Å²) in [4.78, 5) is 0.836. The molecule has 5 rings (SSSR count). The molecule has 0 spiro atoms. The standard InChI is InChI=1S/C27H26F3NO2S/c28-27(29,30)33-21-11-13-22(14-12-21)34-31-20-15-16-32-25(17-20)26-23-7-3-1-5-18(23)9-10-19-6-2-4-8-24(19)26/h1-8,11-14,20,25-26,31H,9-10,15-17H2. The summed E-state index contributed by atoms with van der Waals surface area (Å²) in [5.74, 6) is -0.0306. The van der Waals surface area contributed by atoms with Gasteiger partial charge < -0.3 is 9.47 Å². The van der Waals surface area contributed by atoms with Gasteiger partial charge in [0, 0.05) is 23.5 Å². The highest BCUT2D eigenvalue weighted by atomic mass is 32.2. The van der Waals surface area contributed by atoms with Crippen LogP contribution in [0.3, 0.4) is 0 Å². The van der Waals surface area contributed by atoms with Gasteiger partial charge in [-0.1, -0.05) is 48.5 Å². The summed E-state index contributed by atoms with van der Waals surface area (Å²) in [7, 11) is 0. The van der Waals surface area contributed by atoms with Gasteiger partial charge in [-0.05, 0) is 84.2 Å². The molecule has 1 heterocycles. The Labute approximate surface area is 201 Å². The Morgan fingerprint density at radius 1 is 0.853 bits per heavy atom. The fraction of sp³-hybridized carbons (Fsp3) is 0.333. The Morgan fingerprint density at radius 3 is 2.09 bits per heavy atom. The van der Waals surface area contributed by atoms with E-state index in [0.717, 1.165) is 30.6 Å². The highest BCUT2D eigenvalue weighted by Gasteiger charge is 2.35. The SMILES string of the molecule is FC(F)(F)Oc1ccc(SNC2CCOC(C3c4ccccc4CCc4ccccc43)C2)cc1. The van der Waals surface area contributed by atoms with Crippen molar-refractivity contribution in [2.45, 2.75) is 55.0 Å².